The number of benzene rings is 1. The Morgan fingerprint density at radius 1 is 1.20 bits per heavy atom. The molecule has 0 aliphatic rings. The highest BCUT2D eigenvalue weighted by atomic mass is 19.4. The number of ketones is 1. The van der Waals surface area contributed by atoms with Crippen LogP contribution in [0.5, 0.6) is 0 Å². The Morgan fingerprint density at radius 2 is 1.96 bits per heavy atom. The quantitative estimate of drug-likeness (QED) is 0.733. The van der Waals surface area contributed by atoms with Crippen LogP contribution in [0, 0.1) is 0 Å². The van der Waals surface area contributed by atoms with Crippen LogP contribution in [0.25, 0.3) is 0 Å². The molecule has 3 aromatic rings. The molecular formula is C16H12F3N5O. The molecule has 25 heavy (non-hydrogen) atoms. The molecule has 2 heterocycles. The standard InChI is InChI=1S/C16H12F3N5O/c17-16(18,19)12-4-2-1-3-10(12)8-24-6-5-13(23-24)14(25)11-7-21-9-22-15(11)20/h1-7,9H,8H2,(H2,20,21,22). The summed E-state index contributed by atoms with van der Waals surface area (Å²) < 4.78 is 40.4. The molecule has 128 valence electrons. The zero-order valence-corrected chi connectivity index (χ0v) is 12.7. The van der Waals surface area contributed by atoms with E-state index in [1.807, 2.05) is 0 Å². The van der Waals surface area contributed by atoms with Gasteiger partial charge in [0.25, 0.3) is 0 Å². The molecule has 0 saturated carbocycles. The van der Waals surface area contributed by atoms with Crippen LogP contribution >= 0.6 is 0 Å². The van der Waals surface area contributed by atoms with Crippen LogP contribution in [0.4, 0.5) is 19.0 Å². The topological polar surface area (TPSA) is 86.7 Å². The van der Waals surface area contributed by atoms with Gasteiger partial charge in [0.05, 0.1) is 17.7 Å². The van der Waals surface area contributed by atoms with Crippen LogP contribution in [-0.4, -0.2) is 25.5 Å². The van der Waals surface area contributed by atoms with Crippen molar-refractivity contribution in [3.8, 4) is 0 Å². The third kappa shape index (κ3) is 3.49. The van der Waals surface area contributed by atoms with Crippen molar-refractivity contribution in [3.05, 3.63) is 71.4 Å². The molecule has 0 fully saturated rings. The average molecular weight is 347 g/mol. The van der Waals surface area contributed by atoms with Crippen molar-refractivity contribution in [3.63, 3.8) is 0 Å². The molecule has 0 radical (unpaired) electrons. The van der Waals surface area contributed by atoms with Gasteiger partial charge in [-0.1, -0.05) is 18.2 Å². The minimum atomic E-state index is -4.46. The first kappa shape index (κ1) is 16.6. The highest BCUT2D eigenvalue weighted by molar-refractivity contribution is 6.10. The van der Waals surface area contributed by atoms with Gasteiger partial charge in [0, 0.05) is 12.4 Å². The largest absolute Gasteiger partial charge is 0.416 e. The van der Waals surface area contributed by atoms with Crippen LogP contribution in [-0.2, 0) is 12.7 Å². The minimum absolute atomic E-state index is 0.0111. The zero-order chi connectivity index (χ0) is 18.0. The lowest BCUT2D eigenvalue weighted by molar-refractivity contribution is -0.138. The maximum atomic E-state index is 13.0. The van der Waals surface area contributed by atoms with Crippen molar-refractivity contribution < 1.29 is 18.0 Å². The fourth-order valence-electron chi connectivity index (χ4n) is 2.33. The van der Waals surface area contributed by atoms with E-state index in [9.17, 15) is 18.0 Å². The number of rotatable bonds is 4. The summed E-state index contributed by atoms with van der Waals surface area (Å²) in [6.45, 7) is -0.121. The highest BCUT2D eigenvalue weighted by Gasteiger charge is 2.33. The smallest absolute Gasteiger partial charge is 0.383 e. The third-order valence-corrected chi connectivity index (χ3v) is 3.52. The van der Waals surface area contributed by atoms with Gasteiger partial charge in [-0.3, -0.25) is 9.48 Å². The van der Waals surface area contributed by atoms with Crippen LogP contribution < -0.4 is 5.73 Å². The fourth-order valence-corrected chi connectivity index (χ4v) is 2.33. The van der Waals surface area contributed by atoms with Crippen molar-refractivity contribution in [1.82, 2.24) is 19.7 Å². The molecule has 2 N–H and O–H groups in total. The number of carbonyl (C=O) groups excluding carboxylic acids is 1. The predicted octanol–water partition coefficient (Wildman–Crippen LogP) is 2.55. The van der Waals surface area contributed by atoms with E-state index in [1.54, 1.807) is 0 Å². The zero-order valence-electron chi connectivity index (χ0n) is 12.7. The van der Waals surface area contributed by atoms with E-state index in [4.69, 9.17) is 5.73 Å². The molecule has 3 rings (SSSR count). The number of halogens is 3. The second-order valence-corrected chi connectivity index (χ2v) is 5.20. The minimum Gasteiger partial charge on any atom is -0.383 e. The second-order valence-electron chi connectivity index (χ2n) is 5.20. The third-order valence-electron chi connectivity index (χ3n) is 3.52. The Labute approximate surface area is 140 Å². The first-order chi connectivity index (χ1) is 11.9. The predicted molar refractivity (Wildman–Crippen MR) is 82.6 cm³/mol. The van der Waals surface area contributed by atoms with Gasteiger partial charge in [-0.25, -0.2) is 9.97 Å². The van der Waals surface area contributed by atoms with E-state index in [0.717, 1.165) is 6.07 Å². The molecule has 0 atom stereocenters. The van der Waals surface area contributed by atoms with Crippen molar-refractivity contribution in [2.24, 2.45) is 0 Å². The van der Waals surface area contributed by atoms with Gasteiger partial charge in [0.1, 0.15) is 17.8 Å². The average Bonchev–Trinajstić information content (AvgIpc) is 3.03. The van der Waals surface area contributed by atoms with E-state index < -0.39 is 17.5 Å². The maximum Gasteiger partial charge on any atom is 0.416 e. The van der Waals surface area contributed by atoms with Crippen molar-refractivity contribution >= 4 is 11.6 Å². The molecule has 0 bridgehead atoms. The summed E-state index contributed by atoms with van der Waals surface area (Å²) in [5.74, 6) is -0.488. The number of aromatic nitrogens is 4. The van der Waals surface area contributed by atoms with Crippen molar-refractivity contribution in [1.29, 1.82) is 0 Å². The molecule has 9 heteroatoms. The van der Waals surface area contributed by atoms with Crippen LogP contribution in [0.1, 0.15) is 27.2 Å². The van der Waals surface area contributed by atoms with Crippen LogP contribution in [0.2, 0.25) is 0 Å². The van der Waals surface area contributed by atoms with E-state index in [1.165, 1.54) is 47.7 Å². The SMILES string of the molecule is Nc1ncncc1C(=O)c1ccn(Cc2ccccc2C(F)(F)F)n1. The van der Waals surface area contributed by atoms with E-state index >= 15 is 0 Å². The number of hydrogen-bond donors (Lipinski definition) is 1. The van der Waals surface area contributed by atoms with Gasteiger partial charge in [-0.2, -0.15) is 18.3 Å². The Morgan fingerprint density at radius 3 is 2.68 bits per heavy atom. The lowest BCUT2D eigenvalue weighted by Gasteiger charge is -2.12. The Bertz CT molecular complexity index is 920. The van der Waals surface area contributed by atoms with Gasteiger partial charge in [0.15, 0.2) is 0 Å². The first-order valence-electron chi connectivity index (χ1n) is 7.15. The number of nitrogen functional groups attached to an aromatic ring is 1. The van der Waals surface area contributed by atoms with E-state index in [-0.39, 0.29) is 29.2 Å². The molecule has 0 amide bonds. The first-order valence-corrected chi connectivity index (χ1v) is 7.15. The number of nitrogens with two attached hydrogens (primary N) is 1. The molecular weight excluding hydrogens is 335 g/mol. The van der Waals surface area contributed by atoms with Gasteiger partial charge >= 0.3 is 6.18 Å². The van der Waals surface area contributed by atoms with Crippen molar-refractivity contribution in [2.75, 3.05) is 5.73 Å². The summed E-state index contributed by atoms with van der Waals surface area (Å²) in [6, 6.07) is 6.62. The monoisotopic (exact) mass is 347 g/mol. The van der Waals surface area contributed by atoms with Gasteiger partial charge in [0.2, 0.25) is 5.78 Å². The molecule has 0 unspecified atom stereocenters. The highest BCUT2D eigenvalue weighted by Crippen LogP contribution is 2.32. The number of carbonyl (C=O) groups is 1. The summed E-state index contributed by atoms with van der Waals surface area (Å²) in [7, 11) is 0. The number of alkyl halides is 3. The summed E-state index contributed by atoms with van der Waals surface area (Å²) in [6.07, 6.45) is -0.556. The fraction of sp³-hybridized carbons (Fsp3) is 0.125. The molecule has 2 aromatic heterocycles. The van der Waals surface area contributed by atoms with Crippen molar-refractivity contribution in [2.45, 2.75) is 12.7 Å². The summed E-state index contributed by atoms with van der Waals surface area (Å²) >= 11 is 0. The Hall–Kier alpha value is -3.23. The number of nitrogens with zero attached hydrogens (tertiary/aromatic N) is 4. The number of hydrogen-bond acceptors (Lipinski definition) is 5. The Kier molecular flexibility index (Phi) is 4.22. The lowest BCUT2D eigenvalue weighted by Crippen LogP contribution is -2.13. The van der Waals surface area contributed by atoms with Crippen LogP contribution in [0.15, 0.2) is 49.1 Å². The van der Waals surface area contributed by atoms with Gasteiger partial charge in [-0.15, -0.1) is 0 Å². The molecule has 6 nitrogen and oxygen atoms in total. The summed E-state index contributed by atoms with van der Waals surface area (Å²) in [4.78, 5) is 19.8. The van der Waals surface area contributed by atoms with Gasteiger partial charge < -0.3 is 5.73 Å². The number of anilines is 1. The van der Waals surface area contributed by atoms with Crippen LogP contribution in [0.3, 0.4) is 0 Å². The lowest BCUT2D eigenvalue weighted by atomic mass is 10.1. The molecule has 0 aliphatic heterocycles. The summed E-state index contributed by atoms with van der Waals surface area (Å²) in [5.41, 5.74) is 5.08. The second kappa shape index (κ2) is 6.34. The molecule has 0 spiro atoms. The molecule has 1 aromatic carbocycles. The maximum absolute atomic E-state index is 13.0. The summed E-state index contributed by atoms with van der Waals surface area (Å²) in [5, 5.41) is 4.03. The Balaban J connectivity index is 1.86. The van der Waals surface area contributed by atoms with Gasteiger partial charge in [-0.05, 0) is 17.7 Å². The molecule has 0 saturated heterocycles. The van der Waals surface area contributed by atoms with E-state index in [2.05, 4.69) is 15.1 Å². The molecule has 0 aliphatic carbocycles. The van der Waals surface area contributed by atoms with E-state index in [0.29, 0.717) is 0 Å². The normalized spacial score (nSPS) is 11.5.